The SMILES string of the molecule is CCCCCCCCCCCCC/C=C/C(=O)OCCCCCCCCCCCCCCCC. The van der Waals surface area contributed by atoms with Crippen LogP contribution in [0.15, 0.2) is 12.2 Å². The standard InChI is InChI=1S/C32H62O2/c1-3-5-7-9-11-13-15-17-19-21-23-25-27-29-31-34-32(33)30-28-26-24-22-20-18-16-14-12-10-8-6-4-2/h28,30H,3-27,29,31H2,1-2H3/b30-28+. The lowest BCUT2D eigenvalue weighted by atomic mass is 10.0. The molecule has 0 unspecified atom stereocenters. The zero-order valence-electron chi connectivity index (χ0n) is 23.6. The molecule has 0 amide bonds. The van der Waals surface area contributed by atoms with Crippen molar-refractivity contribution in [1.29, 1.82) is 0 Å². The Morgan fingerprint density at radius 3 is 1.18 bits per heavy atom. The molecular weight excluding hydrogens is 416 g/mol. The fourth-order valence-electron chi connectivity index (χ4n) is 4.62. The van der Waals surface area contributed by atoms with Gasteiger partial charge in [0.15, 0.2) is 0 Å². The highest BCUT2D eigenvalue weighted by Crippen LogP contribution is 2.14. The molecule has 0 aliphatic heterocycles. The molecule has 34 heavy (non-hydrogen) atoms. The van der Waals surface area contributed by atoms with Gasteiger partial charge >= 0.3 is 5.97 Å². The summed E-state index contributed by atoms with van der Waals surface area (Å²) in [5.74, 6) is -0.155. The summed E-state index contributed by atoms with van der Waals surface area (Å²) in [5.41, 5.74) is 0. The largest absolute Gasteiger partial charge is 0.463 e. The summed E-state index contributed by atoms with van der Waals surface area (Å²) in [6.45, 7) is 5.14. The van der Waals surface area contributed by atoms with E-state index < -0.39 is 0 Å². The van der Waals surface area contributed by atoms with Gasteiger partial charge in [0.1, 0.15) is 0 Å². The lowest BCUT2D eigenvalue weighted by Gasteiger charge is -2.04. The zero-order valence-corrected chi connectivity index (χ0v) is 23.6. The Labute approximate surface area is 215 Å². The minimum atomic E-state index is -0.155. The van der Waals surface area contributed by atoms with E-state index in [9.17, 15) is 4.79 Å². The second-order valence-electron chi connectivity index (χ2n) is 10.5. The topological polar surface area (TPSA) is 26.3 Å². The van der Waals surface area contributed by atoms with E-state index in [-0.39, 0.29) is 5.97 Å². The summed E-state index contributed by atoms with van der Waals surface area (Å²) in [4.78, 5) is 11.8. The van der Waals surface area contributed by atoms with E-state index in [1.807, 2.05) is 6.08 Å². The van der Waals surface area contributed by atoms with Crippen molar-refractivity contribution in [3.8, 4) is 0 Å². The van der Waals surface area contributed by atoms with Crippen molar-refractivity contribution < 1.29 is 9.53 Å². The van der Waals surface area contributed by atoms with E-state index in [4.69, 9.17) is 4.74 Å². The van der Waals surface area contributed by atoms with Crippen molar-refractivity contribution in [3.63, 3.8) is 0 Å². The maximum Gasteiger partial charge on any atom is 0.330 e. The van der Waals surface area contributed by atoms with Crippen LogP contribution in [0.1, 0.15) is 181 Å². The summed E-state index contributed by atoms with van der Waals surface area (Å²) in [7, 11) is 0. The van der Waals surface area contributed by atoms with Crippen LogP contribution in [0.2, 0.25) is 0 Å². The number of allylic oxidation sites excluding steroid dienone is 1. The van der Waals surface area contributed by atoms with Gasteiger partial charge in [0.2, 0.25) is 0 Å². The molecule has 0 N–H and O–H groups in total. The second kappa shape index (κ2) is 30.2. The van der Waals surface area contributed by atoms with Gasteiger partial charge in [-0.25, -0.2) is 4.79 Å². The van der Waals surface area contributed by atoms with E-state index in [2.05, 4.69) is 13.8 Å². The normalized spacial score (nSPS) is 11.5. The van der Waals surface area contributed by atoms with Gasteiger partial charge in [-0.3, -0.25) is 0 Å². The number of esters is 1. The molecule has 0 aromatic heterocycles. The number of unbranched alkanes of at least 4 members (excludes halogenated alkanes) is 24. The molecule has 0 atom stereocenters. The average Bonchev–Trinajstić information content (AvgIpc) is 2.84. The van der Waals surface area contributed by atoms with E-state index >= 15 is 0 Å². The molecule has 0 aliphatic carbocycles. The van der Waals surface area contributed by atoms with Crippen molar-refractivity contribution in [2.75, 3.05) is 6.61 Å². The molecule has 2 heteroatoms. The molecule has 0 aromatic carbocycles. The Bertz CT molecular complexity index is 415. The van der Waals surface area contributed by atoms with Gasteiger partial charge in [0.25, 0.3) is 0 Å². The minimum Gasteiger partial charge on any atom is -0.463 e. The third kappa shape index (κ3) is 29.2. The van der Waals surface area contributed by atoms with Crippen LogP contribution in [-0.2, 0) is 9.53 Å². The molecule has 0 rings (SSSR count). The number of carbonyl (C=O) groups excluding carboxylic acids is 1. The molecule has 0 spiro atoms. The predicted octanol–water partition coefficient (Wildman–Crippen LogP) is 11.3. The first-order chi connectivity index (χ1) is 16.8. The van der Waals surface area contributed by atoms with Gasteiger partial charge < -0.3 is 4.74 Å². The Balaban J connectivity index is 3.21. The van der Waals surface area contributed by atoms with Crippen LogP contribution < -0.4 is 0 Å². The Kier molecular flexibility index (Phi) is 29.5. The third-order valence-electron chi connectivity index (χ3n) is 6.97. The maximum atomic E-state index is 11.8. The second-order valence-corrected chi connectivity index (χ2v) is 10.5. The Morgan fingerprint density at radius 2 is 0.794 bits per heavy atom. The van der Waals surface area contributed by atoms with E-state index in [1.165, 1.54) is 154 Å². The molecule has 2 nitrogen and oxygen atoms in total. The fraction of sp³-hybridized carbons (Fsp3) is 0.906. The molecule has 0 aliphatic rings. The lowest BCUT2D eigenvalue weighted by Crippen LogP contribution is -2.02. The van der Waals surface area contributed by atoms with Gasteiger partial charge in [0.05, 0.1) is 6.61 Å². The maximum absolute atomic E-state index is 11.8. The molecule has 0 bridgehead atoms. The first kappa shape index (κ1) is 33.2. The molecule has 0 aromatic rings. The van der Waals surface area contributed by atoms with Crippen LogP contribution >= 0.6 is 0 Å². The van der Waals surface area contributed by atoms with Crippen LogP contribution in [-0.4, -0.2) is 12.6 Å². The number of ether oxygens (including phenoxy) is 1. The third-order valence-corrected chi connectivity index (χ3v) is 6.97. The predicted molar refractivity (Wildman–Crippen MR) is 151 cm³/mol. The first-order valence-corrected chi connectivity index (χ1v) is 15.6. The van der Waals surface area contributed by atoms with Gasteiger partial charge in [-0.2, -0.15) is 0 Å². The molecule has 0 fully saturated rings. The van der Waals surface area contributed by atoms with Crippen LogP contribution in [0.25, 0.3) is 0 Å². The van der Waals surface area contributed by atoms with Gasteiger partial charge in [0, 0.05) is 6.08 Å². The number of hydrogen-bond acceptors (Lipinski definition) is 2. The van der Waals surface area contributed by atoms with E-state index in [1.54, 1.807) is 6.08 Å². The Morgan fingerprint density at radius 1 is 0.471 bits per heavy atom. The Hall–Kier alpha value is -0.790. The smallest absolute Gasteiger partial charge is 0.330 e. The summed E-state index contributed by atoms with van der Waals surface area (Å²) in [6.07, 6.45) is 38.6. The highest BCUT2D eigenvalue weighted by molar-refractivity contribution is 5.81. The number of carbonyl (C=O) groups is 1. The van der Waals surface area contributed by atoms with Crippen molar-refractivity contribution >= 4 is 5.97 Å². The fourth-order valence-corrected chi connectivity index (χ4v) is 4.62. The van der Waals surface area contributed by atoms with Gasteiger partial charge in [-0.1, -0.05) is 168 Å². The van der Waals surface area contributed by atoms with Crippen LogP contribution in [0.5, 0.6) is 0 Å². The zero-order chi connectivity index (χ0) is 24.8. The number of rotatable bonds is 28. The van der Waals surface area contributed by atoms with Crippen LogP contribution in [0.4, 0.5) is 0 Å². The summed E-state index contributed by atoms with van der Waals surface area (Å²) in [5, 5.41) is 0. The summed E-state index contributed by atoms with van der Waals surface area (Å²) >= 11 is 0. The van der Waals surface area contributed by atoms with Gasteiger partial charge in [-0.05, 0) is 19.3 Å². The van der Waals surface area contributed by atoms with E-state index in [0.717, 1.165) is 12.8 Å². The highest BCUT2D eigenvalue weighted by Gasteiger charge is 1.98. The van der Waals surface area contributed by atoms with Crippen molar-refractivity contribution in [2.24, 2.45) is 0 Å². The quantitative estimate of drug-likeness (QED) is 0.0634. The van der Waals surface area contributed by atoms with Crippen LogP contribution in [0.3, 0.4) is 0 Å². The van der Waals surface area contributed by atoms with Crippen LogP contribution in [0, 0.1) is 0 Å². The van der Waals surface area contributed by atoms with Crippen molar-refractivity contribution in [3.05, 3.63) is 12.2 Å². The summed E-state index contributed by atoms with van der Waals surface area (Å²) < 4.78 is 5.33. The van der Waals surface area contributed by atoms with E-state index in [0.29, 0.717) is 6.61 Å². The molecule has 0 radical (unpaired) electrons. The van der Waals surface area contributed by atoms with Gasteiger partial charge in [-0.15, -0.1) is 0 Å². The molecule has 0 saturated heterocycles. The minimum absolute atomic E-state index is 0.155. The number of hydrogen-bond donors (Lipinski definition) is 0. The molecule has 0 heterocycles. The monoisotopic (exact) mass is 478 g/mol. The van der Waals surface area contributed by atoms with Crippen molar-refractivity contribution in [1.82, 2.24) is 0 Å². The first-order valence-electron chi connectivity index (χ1n) is 15.6. The molecule has 202 valence electrons. The average molecular weight is 479 g/mol. The highest BCUT2D eigenvalue weighted by atomic mass is 16.5. The molecule has 0 saturated carbocycles. The summed E-state index contributed by atoms with van der Waals surface area (Å²) in [6, 6.07) is 0. The van der Waals surface area contributed by atoms with Crippen molar-refractivity contribution in [2.45, 2.75) is 181 Å². The molecular formula is C32H62O2. The lowest BCUT2D eigenvalue weighted by molar-refractivity contribution is -0.137.